The van der Waals surface area contributed by atoms with Crippen LogP contribution in [0, 0.1) is 0 Å². The van der Waals surface area contributed by atoms with Crippen molar-refractivity contribution in [3.05, 3.63) is 59.2 Å². The van der Waals surface area contributed by atoms with Gasteiger partial charge in [0.25, 0.3) is 0 Å². The Balaban J connectivity index is 2.04. The highest BCUT2D eigenvalue weighted by molar-refractivity contribution is 5.37. The average Bonchev–Trinajstić information content (AvgIpc) is 2.35. The molecule has 0 saturated heterocycles. The molecule has 0 aliphatic carbocycles. The molecule has 0 heterocycles. The maximum Gasteiger partial charge on any atom is 0.119 e. The Morgan fingerprint density at radius 2 is 1.25 bits per heavy atom. The van der Waals surface area contributed by atoms with Crippen molar-refractivity contribution >= 4 is 0 Å². The summed E-state index contributed by atoms with van der Waals surface area (Å²) in [5, 5.41) is 18.9. The lowest BCUT2D eigenvalue weighted by atomic mass is 9.86. The van der Waals surface area contributed by atoms with Gasteiger partial charge in [-0.1, -0.05) is 45.0 Å². The standard InChI is InChI=1S/C18H22O2/c1-18(2,3)15-8-6-13(7-9-15)4-5-14-10-16(19)12-17(20)11-14/h6-12,19-20H,4-5H2,1-3H3. The SMILES string of the molecule is CC(C)(C)c1ccc(CCc2cc(O)cc(O)c2)cc1. The summed E-state index contributed by atoms with van der Waals surface area (Å²) in [6, 6.07) is 13.4. The number of phenols is 2. The van der Waals surface area contributed by atoms with Gasteiger partial charge in [0.2, 0.25) is 0 Å². The largest absolute Gasteiger partial charge is 0.508 e. The molecular weight excluding hydrogens is 248 g/mol. The van der Waals surface area contributed by atoms with E-state index in [0.717, 1.165) is 18.4 Å². The molecule has 0 amide bonds. The molecule has 2 N–H and O–H groups in total. The fraction of sp³-hybridized carbons (Fsp3) is 0.333. The van der Waals surface area contributed by atoms with Gasteiger partial charge in [-0.05, 0) is 47.1 Å². The summed E-state index contributed by atoms with van der Waals surface area (Å²) in [7, 11) is 0. The van der Waals surface area contributed by atoms with Crippen LogP contribution >= 0.6 is 0 Å². The van der Waals surface area contributed by atoms with E-state index in [9.17, 15) is 10.2 Å². The van der Waals surface area contributed by atoms with Gasteiger partial charge >= 0.3 is 0 Å². The molecule has 0 aliphatic heterocycles. The zero-order valence-corrected chi connectivity index (χ0v) is 12.4. The predicted octanol–water partition coefficient (Wildman–Crippen LogP) is 4.18. The third-order valence-corrected chi connectivity index (χ3v) is 3.48. The van der Waals surface area contributed by atoms with Crippen molar-refractivity contribution in [3.63, 3.8) is 0 Å². The first-order valence-corrected chi connectivity index (χ1v) is 6.96. The molecule has 0 unspecified atom stereocenters. The zero-order valence-electron chi connectivity index (χ0n) is 12.4. The summed E-state index contributed by atoms with van der Waals surface area (Å²) in [5.74, 6) is 0.228. The van der Waals surface area contributed by atoms with E-state index in [-0.39, 0.29) is 16.9 Å². The minimum absolute atomic E-state index is 0.114. The molecule has 0 bridgehead atoms. The molecule has 20 heavy (non-hydrogen) atoms. The van der Waals surface area contributed by atoms with Gasteiger partial charge < -0.3 is 10.2 Å². The molecule has 0 saturated carbocycles. The molecule has 0 spiro atoms. The molecule has 2 aromatic carbocycles. The molecule has 2 aromatic rings. The molecule has 0 aromatic heterocycles. The third kappa shape index (κ3) is 3.77. The highest BCUT2D eigenvalue weighted by Gasteiger charge is 2.12. The summed E-state index contributed by atoms with van der Waals surface area (Å²) >= 11 is 0. The Kier molecular flexibility index (Phi) is 4.03. The van der Waals surface area contributed by atoms with Crippen molar-refractivity contribution < 1.29 is 10.2 Å². The summed E-state index contributed by atoms with van der Waals surface area (Å²) in [5.41, 5.74) is 3.72. The van der Waals surface area contributed by atoms with Crippen LogP contribution in [0.25, 0.3) is 0 Å². The number of benzene rings is 2. The molecular formula is C18H22O2. The molecule has 2 heteroatoms. The Labute approximate surface area is 120 Å². The second kappa shape index (κ2) is 5.58. The molecule has 2 rings (SSSR count). The van der Waals surface area contributed by atoms with Crippen molar-refractivity contribution in [2.75, 3.05) is 0 Å². The number of aryl methyl sites for hydroxylation is 2. The van der Waals surface area contributed by atoms with E-state index < -0.39 is 0 Å². The first-order chi connectivity index (χ1) is 9.34. The smallest absolute Gasteiger partial charge is 0.119 e. The van der Waals surface area contributed by atoms with Crippen LogP contribution in [-0.4, -0.2) is 10.2 Å². The second-order valence-electron chi connectivity index (χ2n) is 6.30. The monoisotopic (exact) mass is 270 g/mol. The maximum absolute atomic E-state index is 9.46. The Morgan fingerprint density at radius 3 is 1.75 bits per heavy atom. The number of phenolic OH excluding ortho intramolecular Hbond substituents is 2. The molecule has 0 fully saturated rings. The average molecular weight is 270 g/mol. The quantitative estimate of drug-likeness (QED) is 0.878. The van der Waals surface area contributed by atoms with E-state index in [1.807, 2.05) is 0 Å². The van der Waals surface area contributed by atoms with E-state index >= 15 is 0 Å². The van der Waals surface area contributed by atoms with Crippen molar-refractivity contribution in [1.82, 2.24) is 0 Å². The van der Waals surface area contributed by atoms with E-state index in [2.05, 4.69) is 45.0 Å². The lowest BCUT2D eigenvalue weighted by Gasteiger charge is -2.19. The number of hydrogen-bond acceptors (Lipinski definition) is 2. The minimum atomic E-state index is 0.114. The lowest BCUT2D eigenvalue weighted by molar-refractivity contribution is 0.449. The van der Waals surface area contributed by atoms with Gasteiger partial charge in [0.1, 0.15) is 11.5 Å². The molecule has 0 radical (unpaired) electrons. The molecule has 0 atom stereocenters. The van der Waals surface area contributed by atoms with E-state index in [1.54, 1.807) is 12.1 Å². The highest BCUT2D eigenvalue weighted by atomic mass is 16.3. The summed E-state index contributed by atoms with van der Waals surface area (Å²) in [6.07, 6.45) is 1.70. The van der Waals surface area contributed by atoms with Gasteiger partial charge in [0.05, 0.1) is 0 Å². The number of aromatic hydroxyl groups is 2. The normalized spacial score (nSPS) is 11.6. The van der Waals surface area contributed by atoms with Gasteiger partial charge in [-0.25, -0.2) is 0 Å². The van der Waals surface area contributed by atoms with Crippen LogP contribution in [0.3, 0.4) is 0 Å². The third-order valence-electron chi connectivity index (χ3n) is 3.48. The summed E-state index contributed by atoms with van der Waals surface area (Å²) in [4.78, 5) is 0. The predicted molar refractivity (Wildman–Crippen MR) is 82.3 cm³/mol. The maximum atomic E-state index is 9.46. The fourth-order valence-electron chi connectivity index (χ4n) is 2.26. The van der Waals surface area contributed by atoms with Crippen molar-refractivity contribution in [2.45, 2.75) is 39.0 Å². The van der Waals surface area contributed by atoms with Crippen molar-refractivity contribution in [3.8, 4) is 11.5 Å². The topological polar surface area (TPSA) is 40.5 Å². The van der Waals surface area contributed by atoms with E-state index in [0.29, 0.717) is 0 Å². The number of hydrogen-bond donors (Lipinski definition) is 2. The molecule has 0 aliphatic rings. The van der Waals surface area contributed by atoms with Gasteiger partial charge in [-0.3, -0.25) is 0 Å². The summed E-state index contributed by atoms with van der Waals surface area (Å²) < 4.78 is 0. The first kappa shape index (κ1) is 14.4. The van der Waals surface area contributed by atoms with Crippen LogP contribution in [0.2, 0.25) is 0 Å². The van der Waals surface area contributed by atoms with Crippen LogP contribution < -0.4 is 0 Å². The van der Waals surface area contributed by atoms with Crippen molar-refractivity contribution in [1.29, 1.82) is 0 Å². The van der Waals surface area contributed by atoms with Gasteiger partial charge in [0.15, 0.2) is 0 Å². The Hall–Kier alpha value is -1.96. The first-order valence-electron chi connectivity index (χ1n) is 6.96. The fourth-order valence-corrected chi connectivity index (χ4v) is 2.26. The van der Waals surface area contributed by atoms with Gasteiger partial charge in [0, 0.05) is 6.07 Å². The summed E-state index contributed by atoms with van der Waals surface area (Å²) in [6.45, 7) is 6.62. The highest BCUT2D eigenvalue weighted by Crippen LogP contribution is 2.24. The van der Waals surface area contributed by atoms with Crippen molar-refractivity contribution in [2.24, 2.45) is 0 Å². The molecule has 106 valence electrons. The Morgan fingerprint density at radius 1 is 0.750 bits per heavy atom. The van der Waals surface area contributed by atoms with Crippen LogP contribution in [0.5, 0.6) is 11.5 Å². The van der Waals surface area contributed by atoms with Gasteiger partial charge in [-0.15, -0.1) is 0 Å². The lowest BCUT2D eigenvalue weighted by Crippen LogP contribution is -2.10. The zero-order chi connectivity index (χ0) is 14.8. The van der Waals surface area contributed by atoms with Crippen LogP contribution in [-0.2, 0) is 18.3 Å². The Bertz CT molecular complexity index is 557. The second-order valence-corrected chi connectivity index (χ2v) is 6.30. The van der Waals surface area contributed by atoms with Crippen LogP contribution in [0.4, 0.5) is 0 Å². The number of rotatable bonds is 3. The molecule has 2 nitrogen and oxygen atoms in total. The van der Waals surface area contributed by atoms with Gasteiger partial charge in [-0.2, -0.15) is 0 Å². The minimum Gasteiger partial charge on any atom is -0.508 e. The van der Waals surface area contributed by atoms with Crippen LogP contribution in [0.15, 0.2) is 42.5 Å². The van der Waals surface area contributed by atoms with E-state index in [1.165, 1.54) is 17.2 Å². The van der Waals surface area contributed by atoms with E-state index in [4.69, 9.17) is 0 Å². The van der Waals surface area contributed by atoms with Crippen LogP contribution in [0.1, 0.15) is 37.5 Å².